The fraction of sp³-hybridized carbons (Fsp3) is 0.200. The molecule has 4 rings (SSSR count). The van der Waals surface area contributed by atoms with Gasteiger partial charge in [-0.1, -0.05) is 23.8 Å². The first-order valence-electron chi connectivity index (χ1n) is 8.40. The van der Waals surface area contributed by atoms with Gasteiger partial charge in [-0.15, -0.1) is 0 Å². The maximum Gasteiger partial charge on any atom is 0.231 e. The van der Waals surface area contributed by atoms with Crippen LogP contribution in [0.5, 0.6) is 11.5 Å². The van der Waals surface area contributed by atoms with Crippen LogP contribution in [0.2, 0.25) is 5.02 Å². The summed E-state index contributed by atoms with van der Waals surface area (Å²) in [5.74, 6) is -2.25. The molecule has 0 aliphatic carbocycles. The largest absolute Gasteiger partial charge is 0.550 e. The number of rotatable bonds is 5. The number of hydrogen-bond acceptors (Lipinski definition) is 5. The number of aliphatic carboxylic acids is 1. The molecule has 2 aromatic carbocycles. The summed E-state index contributed by atoms with van der Waals surface area (Å²) in [5, 5.41) is 14.7. The predicted molar refractivity (Wildman–Crippen MR) is 96.4 cm³/mol. The van der Waals surface area contributed by atoms with E-state index in [0.29, 0.717) is 22.2 Å². The summed E-state index contributed by atoms with van der Waals surface area (Å²) >= 11 is 5.84. The van der Waals surface area contributed by atoms with Gasteiger partial charge in [-0.25, -0.2) is 0 Å². The third-order valence-electron chi connectivity index (χ3n) is 4.65. The molecular weight excluding hydrogens is 370 g/mol. The Morgan fingerprint density at radius 1 is 0.926 bits per heavy atom. The zero-order chi connectivity index (χ0) is 19.0. The zero-order valence-corrected chi connectivity index (χ0v) is 14.8. The predicted octanol–water partition coefficient (Wildman–Crippen LogP) is 2.39. The molecule has 1 N–H and O–H groups in total. The van der Waals surface area contributed by atoms with E-state index in [4.69, 9.17) is 21.1 Å². The molecule has 0 saturated carbocycles. The zero-order valence-electron chi connectivity index (χ0n) is 14.0. The van der Waals surface area contributed by atoms with Crippen LogP contribution >= 0.6 is 11.6 Å². The molecule has 0 unspecified atom stereocenters. The molecule has 2 aromatic rings. The summed E-state index contributed by atoms with van der Waals surface area (Å²) in [7, 11) is 0. The summed E-state index contributed by atoms with van der Waals surface area (Å²) in [4.78, 5) is 23.9. The number of nitrogens with one attached hydrogen (secondary N) is 1. The van der Waals surface area contributed by atoms with Crippen LogP contribution in [0.25, 0.3) is 0 Å². The molecular formula is C20H15ClNO5-. The summed E-state index contributed by atoms with van der Waals surface area (Å²) in [6.07, 6.45) is 2.24. The van der Waals surface area contributed by atoms with E-state index >= 15 is 0 Å². The summed E-state index contributed by atoms with van der Waals surface area (Å²) in [5.41, 5.74) is 0.535. The van der Waals surface area contributed by atoms with Gasteiger partial charge in [0.15, 0.2) is 0 Å². The van der Waals surface area contributed by atoms with Crippen LogP contribution in [0.3, 0.4) is 0 Å². The van der Waals surface area contributed by atoms with E-state index in [1.54, 1.807) is 60.7 Å². The van der Waals surface area contributed by atoms with Gasteiger partial charge in [0.25, 0.3) is 0 Å². The van der Waals surface area contributed by atoms with Crippen LogP contribution in [0.4, 0.5) is 5.69 Å². The van der Waals surface area contributed by atoms with Crippen LogP contribution in [-0.4, -0.2) is 24.1 Å². The Hall–Kier alpha value is -2.83. The fourth-order valence-electron chi connectivity index (χ4n) is 3.37. The Labute approximate surface area is 160 Å². The number of carbonyl (C=O) groups excluding carboxylic acids is 2. The standard InChI is InChI=1S/C20H16ClNO5/c21-11-1-5-13(6-2-11)26-14-7-3-12(4-8-14)22-19(23)17-15-9-10-16(27-15)18(17)20(24)25/h1-10,15-18H,(H,22,23)(H,24,25)/p-1/t15-,16+,17+,18-/m0/s1. The van der Waals surface area contributed by atoms with Crippen molar-refractivity contribution >= 4 is 29.2 Å². The van der Waals surface area contributed by atoms with Gasteiger partial charge in [-0.2, -0.15) is 0 Å². The van der Waals surface area contributed by atoms with E-state index in [2.05, 4.69) is 5.32 Å². The summed E-state index contributed by atoms with van der Waals surface area (Å²) < 4.78 is 11.2. The number of fused-ring (bicyclic) bond motifs is 2. The van der Waals surface area contributed by atoms with Crippen molar-refractivity contribution in [3.63, 3.8) is 0 Å². The van der Waals surface area contributed by atoms with Gasteiger partial charge in [0.2, 0.25) is 5.91 Å². The van der Waals surface area contributed by atoms with Crippen molar-refractivity contribution in [1.29, 1.82) is 0 Å². The minimum absolute atomic E-state index is 0.410. The van der Waals surface area contributed by atoms with E-state index in [0.717, 1.165) is 0 Å². The van der Waals surface area contributed by atoms with E-state index in [9.17, 15) is 14.7 Å². The van der Waals surface area contributed by atoms with Gasteiger partial charge in [-0.05, 0) is 48.5 Å². The topological polar surface area (TPSA) is 87.7 Å². The van der Waals surface area contributed by atoms with Crippen molar-refractivity contribution in [3.8, 4) is 11.5 Å². The number of amides is 1. The van der Waals surface area contributed by atoms with Crippen LogP contribution in [0.1, 0.15) is 0 Å². The lowest BCUT2D eigenvalue weighted by Gasteiger charge is -2.25. The highest BCUT2D eigenvalue weighted by Gasteiger charge is 2.50. The first-order valence-corrected chi connectivity index (χ1v) is 8.78. The van der Waals surface area contributed by atoms with Gasteiger partial charge >= 0.3 is 0 Å². The Morgan fingerprint density at radius 3 is 2.07 bits per heavy atom. The third kappa shape index (κ3) is 3.54. The highest BCUT2D eigenvalue weighted by atomic mass is 35.5. The monoisotopic (exact) mass is 384 g/mol. The van der Waals surface area contributed by atoms with E-state index in [-0.39, 0.29) is 0 Å². The molecule has 2 aliphatic rings. The maximum atomic E-state index is 12.6. The quantitative estimate of drug-likeness (QED) is 0.800. The van der Waals surface area contributed by atoms with E-state index < -0.39 is 35.9 Å². The molecule has 1 fully saturated rings. The van der Waals surface area contributed by atoms with Crippen LogP contribution in [0.15, 0.2) is 60.7 Å². The minimum Gasteiger partial charge on any atom is -0.550 e. The van der Waals surface area contributed by atoms with Crippen molar-refractivity contribution in [2.24, 2.45) is 11.8 Å². The molecule has 2 heterocycles. The van der Waals surface area contributed by atoms with Gasteiger partial charge in [0.05, 0.1) is 18.1 Å². The maximum absolute atomic E-state index is 12.6. The average molecular weight is 385 g/mol. The molecule has 2 bridgehead atoms. The first kappa shape index (κ1) is 17.6. The highest BCUT2D eigenvalue weighted by Crippen LogP contribution is 2.39. The normalized spacial score (nSPS) is 25.4. The van der Waals surface area contributed by atoms with Gasteiger partial charge in [0, 0.05) is 22.6 Å². The first-order chi connectivity index (χ1) is 13.0. The highest BCUT2D eigenvalue weighted by molar-refractivity contribution is 6.30. The average Bonchev–Trinajstić information content (AvgIpc) is 3.26. The van der Waals surface area contributed by atoms with Crippen LogP contribution in [0, 0.1) is 11.8 Å². The molecule has 0 aromatic heterocycles. The van der Waals surface area contributed by atoms with Crippen molar-refractivity contribution < 1.29 is 24.2 Å². The van der Waals surface area contributed by atoms with Crippen LogP contribution < -0.4 is 15.2 Å². The lowest BCUT2D eigenvalue weighted by atomic mass is 9.82. The molecule has 1 amide bonds. The lowest BCUT2D eigenvalue weighted by molar-refractivity contribution is -0.313. The molecule has 2 aliphatic heterocycles. The molecule has 0 spiro atoms. The van der Waals surface area contributed by atoms with Crippen molar-refractivity contribution in [2.45, 2.75) is 12.2 Å². The smallest absolute Gasteiger partial charge is 0.231 e. The van der Waals surface area contributed by atoms with Gasteiger partial charge in [-0.3, -0.25) is 4.79 Å². The molecule has 138 valence electrons. The molecule has 1 saturated heterocycles. The Bertz CT molecular complexity index is 894. The molecule has 6 nitrogen and oxygen atoms in total. The van der Waals surface area contributed by atoms with Gasteiger partial charge in [0.1, 0.15) is 11.5 Å². The van der Waals surface area contributed by atoms with Gasteiger partial charge < -0.3 is 24.7 Å². The fourth-order valence-corrected chi connectivity index (χ4v) is 3.50. The van der Waals surface area contributed by atoms with E-state index in [1.165, 1.54) is 0 Å². The number of halogens is 1. The number of anilines is 1. The second kappa shape index (κ2) is 7.06. The second-order valence-corrected chi connectivity index (χ2v) is 6.83. The number of hydrogen-bond donors (Lipinski definition) is 1. The Kier molecular flexibility index (Phi) is 4.59. The Balaban J connectivity index is 1.42. The summed E-state index contributed by atoms with van der Waals surface area (Å²) in [6.45, 7) is 0. The summed E-state index contributed by atoms with van der Waals surface area (Å²) in [6, 6.07) is 13.7. The molecule has 7 heteroatoms. The second-order valence-electron chi connectivity index (χ2n) is 6.39. The molecule has 27 heavy (non-hydrogen) atoms. The molecule has 0 radical (unpaired) electrons. The number of ether oxygens (including phenoxy) is 2. The molecule has 4 atom stereocenters. The number of carboxylic acids is 1. The SMILES string of the molecule is O=C([O-])[C@@H]1[C@H](C(=O)Nc2ccc(Oc3ccc(Cl)cc3)cc2)[C@@H]2C=C[C@H]1O2. The lowest BCUT2D eigenvalue weighted by Crippen LogP contribution is -2.45. The van der Waals surface area contributed by atoms with Crippen LogP contribution in [-0.2, 0) is 14.3 Å². The third-order valence-corrected chi connectivity index (χ3v) is 4.90. The van der Waals surface area contributed by atoms with Crippen molar-refractivity contribution in [1.82, 2.24) is 0 Å². The Morgan fingerprint density at radius 2 is 1.48 bits per heavy atom. The number of benzene rings is 2. The van der Waals surface area contributed by atoms with Crippen molar-refractivity contribution in [3.05, 3.63) is 65.7 Å². The number of carbonyl (C=O) groups is 2. The minimum atomic E-state index is -1.28. The number of carboxylic acid groups (broad SMARTS) is 1. The van der Waals surface area contributed by atoms with Crippen molar-refractivity contribution in [2.75, 3.05) is 5.32 Å². The van der Waals surface area contributed by atoms with E-state index in [1.807, 2.05) is 0 Å².